The van der Waals surface area contributed by atoms with E-state index >= 15 is 0 Å². The van der Waals surface area contributed by atoms with Crippen LogP contribution in [0.4, 0.5) is 0 Å². The first-order valence-electron chi connectivity index (χ1n) is 6.13. The maximum absolute atomic E-state index is 12.2. The summed E-state index contributed by atoms with van der Waals surface area (Å²) in [4.78, 5) is 0.0188. The van der Waals surface area contributed by atoms with Crippen molar-refractivity contribution in [3.8, 4) is 0 Å². The fourth-order valence-electron chi connectivity index (χ4n) is 1.59. The Morgan fingerprint density at radius 2 is 2.00 bits per heavy atom. The number of halogens is 2. The van der Waals surface area contributed by atoms with Crippen LogP contribution in [0.5, 0.6) is 0 Å². The summed E-state index contributed by atoms with van der Waals surface area (Å²) < 4.78 is 31.9. The molecule has 0 aliphatic carbocycles. The van der Waals surface area contributed by atoms with Crippen molar-refractivity contribution < 1.29 is 13.2 Å². The molecule has 0 fully saturated rings. The molecule has 2 N–H and O–H groups in total. The smallest absolute Gasteiger partial charge is 0.242 e. The molecule has 1 rings (SSSR count). The van der Waals surface area contributed by atoms with Gasteiger partial charge in [0.2, 0.25) is 10.0 Å². The topological polar surface area (TPSA) is 67.4 Å². The van der Waals surface area contributed by atoms with Crippen molar-refractivity contribution in [3.05, 3.63) is 27.7 Å². The van der Waals surface area contributed by atoms with Crippen LogP contribution in [0.25, 0.3) is 0 Å². The van der Waals surface area contributed by atoms with E-state index in [4.69, 9.17) is 27.9 Å². The molecule has 114 valence electrons. The molecule has 5 nitrogen and oxygen atoms in total. The lowest BCUT2D eigenvalue weighted by Crippen LogP contribution is -2.28. The molecule has 0 aliphatic rings. The minimum atomic E-state index is -3.68. The zero-order valence-electron chi connectivity index (χ0n) is 11.4. The lowest BCUT2D eigenvalue weighted by Gasteiger charge is -2.12. The monoisotopic (exact) mass is 340 g/mol. The first-order chi connectivity index (χ1) is 9.44. The predicted octanol–water partition coefficient (Wildman–Crippen LogP) is 2.03. The van der Waals surface area contributed by atoms with Gasteiger partial charge in [0.1, 0.15) is 4.90 Å². The van der Waals surface area contributed by atoms with Crippen molar-refractivity contribution in [3.63, 3.8) is 0 Å². The van der Waals surface area contributed by atoms with Gasteiger partial charge in [-0.1, -0.05) is 23.2 Å². The average molecular weight is 341 g/mol. The van der Waals surface area contributed by atoms with E-state index in [1.165, 1.54) is 12.1 Å². The van der Waals surface area contributed by atoms with Gasteiger partial charge < -0.3 is 10.1 Å². The molecule has 0 spiro atoms. The lowest BCUT2D eigenvalue weighted by molar-refractivity contribution is 0.153. The molecule has 0 aliphatic heterocycles. The summed E-state index contributed by atoms with van der Waals surface area (Å²) in [6, 6.07) is 2.92. The van der Waals surface area contributed by atoms with E-state index in [0.717, 1.165) is 0 Å². The molecule has 0 unspecified atom stereocenters. The van der Waals surface area contributed by atoms with Crippen LogP contribution >= 0.6 is 23.2 Å². The first kappa shape index (κ1) is 17.7. The van der Waals surface area contributed by atoms with Crippen molar-refractivity contribution in [1.29, 1.82) is 0 Å². The Morgan fingerprint density at radius 1 is 1.30 bits per heavy atom. The van der Waals surface area contributed by atoms with Gasteiger partial charge in [0.05, 0.1) is 11.6 Å². The largest absolute Gasteiger partial charge is 0.380 e. The van der Waals surface area contributed by atoms with Crippen molar-refractivity contribution in [1.82, 2.24) is 10.0 Å². The summed E-state index contributed by atoms with van der Waals surface area (Å²) in [5, 5.41) is 3.46. The minimum absolute atomic E-state index is 0.0188. The van der Waals surface area contributed by atoms with E-state index in [0.29, 0.717) is 30.3 Å². The fraction of sp³-hybridized carbons (Fsp3) is 0.500. The minimum Gasteiger partial charge on any atom is -0.380 e. The molecule has 0 saturated carbocycles. The second kappa shape index (κ2) is 8.17. The molecule has 1 aromatic carbocycles. The number of hydrogen-bond donors (Lipinski definition) is 2. The van der Waals surface area contributed by atoms with Crippen LogP contribution in [0.1, 0.15) is 12.5 Å². The molecule has 0 radical (unpaired) electrons. The van der Waals surface area contributed by atoms with Gasteiger partial charge in [-0.2, -0.15) is 0 Å². The van der Waals surface area contributed by atoms with Gasteiger partial charge in [-0.3, -0.25) is 0 Å². The zero-order valence-corrected chi connectivity index (χ0v) is 13.7. The summed E-state index contributed by atoms with van der Waals surface area (Å²) in [6.45, 7) is 3.27. The average Bonchev–Trinajstić information content (AvgIpc) is 2.39. The summed E-state index contributed by atoms with van der Waals surface area (Å²) in [5.41, 5.74) is 0.559. The number of nitrogens with one attached hydrogen (secondary N) is 2. The lowest BCUT2D eigenvalue weighted by atomic mass is 10.2. The van der Waals surface area contributed by atoms with Gasteiger partial charge >= 0.3 is 0 Å². The number of benzene rings is 1. The van der Waals surface area contributed by atoms with Crippen LogP contribution in [0.15, 0.2) is 17.0 Å². The number of sulfonamides is 1. The highest BCUT2D eigenvalue weighted by Gasteiger charge is 2.20. The molecule has 0 bridgehead atoms. The molecular weight excluding hydrogens is 323 g/mol. The third-order valence-corrected chi connectivity index (χ3v) is 4.94. The SMILES string of the molecule is CCOCCNS(=O)(=O)c1ccc(Cl)c(CNC)c1Cl. The molecule has 0 aromatic heterocycles. The highest BCUT2D eigenvalue weighted by molar-refractivity contribution is 7.89. The molecule has 1 aromatic rings. The third kappa shape index (κ3) is 4.58. The van der Waals surface area contributed by atoms with Crippen LogP contribution in [0.3, 0.4) is 0 Å². The Kier molecular flexibility index (Phi) is 7.22. The van der Waals surface area contributed by atoms with Gasteiger partial charge in [0.25, 0.3) is 0 Å². The van der Waals surface area contributed by atoms with Crippen LogP contribution in [-0.2, 0) is 21.3 Å². The summed E-state index contributed by atoms with van der Waals surface area (Å²) in [6.07, 6.45) is 0. The zero-order chi connectivity index (χ0) is 15.2. The highest BCUT2D eigenvalue weighted by atomic mass is 35.5. The highest BCUT2D eigenvalue weighted by Crippen LogP contribution is 2.30. The van der Waals surface area contributed by atoms with Crippen molar-refractivity contribution >= 4 is 33.2 Å². The Bertz CT molecular complexity index is 550. The van der Waals surface area contributed by atoms with E-state index in [9.17, 15) is 8.42 Å². The van der Waals surface area contributed by atoms with E-state index in [-0.39, 0.29) is 16.5 Å². The first-order valence-corrected chi connectivity index (χ1v) is 8.36. The van der Waals surface area contributed by atoms with Gasteiger partial charge in [0, 0.05) is 30.3 Å². The molecule has 20 heavy (non-hydrogen) atoms. The van der Waals surface area contributed by atoms with Crippen LogP contribution in [0, 0.1) is 0 Å². The predicted molar refractivity (Wildman–Crippen MR) is 80.9 cm³/mol. The third-order valence-electron chi connectivity index (χ3n) is 2.54. The van der Waals surface area contributed by atoms with E-state index in [1.54, 1.807) is 7.05 Å². The van der Waals surface area contributed by atoms with E-state index < -0.39 is 10.0 Å². The van der Waals surface area contributed by atoms with Crippen molar-refractivity contribution in [2.45, 2.75) is 18.4 Å². The Labute approximate surface area is 129 Å². The normalized spacial score (nSPS) is 11.8. The van der Waals surface area contributed by atoms with Crippen molar-refractivity contribution in [2.24, 2.45) is 0 Å². The molecule has 0 amide bonds. The maximum atomic E-state index is 12.2. The Morgan fingerprint density at radius 3 is 2.60 bits per heavy atom. The molecule has 0 heterocycles. The van der Waals surface area contributed by atoms with E-state index in [2.05, 4.69) is 10.0 Å². The number of rotatable bonds is 8. The second-order valence-electron chi connectivity index (χ2n) is 3.96. The van der Waals surface area contributed by atoms with E-state index in [1.807, 2.05) is 6.92 Å². The van der Waals surface area contributed by atoms with Crippen molar-refractivity contribution in [2.75, 3.05) is 26.8 Å². The fourth-order valence-corrected chi connectivity index (χ4v) is 3.52. The molecular formula is C12H18Cl2N2O3S. The standard InChI is InChI=1S/C12H18Cl2N2O3S/c1-3-19-7-6-16-20(17,18)11-5-4-10(13)9(8-15-2)12(11)14/h4-5,15-16H,3,6-8H2,1-2H3. The number of hydrogen-bond acceptors (Lipinski definition) is 4. The maximum Gasteiger partial charge on any atom is 0.242 e. The van der Waals surface area contributed by atoms with Gasteiger partial charge in [-0.05, 0) is 26.1 Å². The van der Waals surface area contributed by atoms with Crippen LogP contribution in [0.2, 0.25) is 10.0 Å². The molecule has 0 saturated heterocycles. The van der Waals surface area contributed by atoms with Crippen LogP contribution in [-0.4, -0.2) is 35.2 Å². The Balaban J connectivity index is 2.97. The molecule has 8 heteroatoms. The molecule has 0 atom stereocenters. The quantitative estimate of drug-likeness (QED) is 0.710. The van der Waals surface area contributed by atoms with Gasteiger partial charge in [-0.15, -0.1) is 0 Å². The Hall–Kier alpha value is -0.370. The summed E-state index contributed by atoms with van der Waals surface area (Å²) in [5.74, 6) is 0. The number of ether oxygens (including phenoxy) is 1. The van der Waals surface area contributed by atoms with Gasteiger partial charge in [0.15, 0.2) is 0 Å². The summed E-state index contributed by atoms with van der Waals surface area (Å²) >= 11 is 12.2. The summed E-state index contributed by atoms with van der Waals surface area (Å²) in [7, 11) is -1.95. The van der Waals surface area contributed by atoms with Crippen LogP contribution < -0.4 is 10.0 Å². The second-order valence-corrected chi connectivity index (χ2v) is 6.48. The van der Waals surface area contributed by atoms with Gasteiger partial charge in [-0.25, -0.2) is 13.1 Å².